The monoisotopic (exact) mass is 311 g/mol. The van der Waals surface area contributed by atoms with Crippen molar-refractivity contribution in [3.05, 3.63) is 63.6 Å². The first kappa shape index (κ1) is 13.0. The van der Waals surface area contributed by atoms with Crippen LogP contribution in [0.25, 0.3) is 0 Å². The number of anilines is 1. The Bertz CT molecular complexity index is 570. The molecule has 0 aromatic heterocycles. The molecule has 94 valence electrons. The largest absolute Gasteiger partial charge is 0.378 e. The predicted octanol–water partition coefficient (Wildman–Crippen LogP) is 4.65. The lowest BCUT2D eigenvalue weighted by Gasteiger charge is -2.09. The molecular formula is C14H12BrF2N. The van der Waals surface area contributed by atoms with Crippen LogP contribution >= 0.6 is 15.9 Å². The molecular weight excluding hydrogens is 300 g/mol. The minimum atomic E-state index is -0.459. The first-order valence-electron chi connectivity index (χ1n) is 5.50. The highest BCUT2D eigenvalue weighted by atomic mass is 79.9. The van der Waals surface area contributed by atoms with E-state index in [1.807, 2.05) is 25.1 Å². The lowest BCUT2D eigenvalue weighted by molar-refractivity contribution is 0.602. The van der Waals surface area contributed by atoms with E-state index in [-0.39, 0.29) is 5.69 Å². The van der Waals surface area contributed by atoms with Gasteiger partial charge in [0, 0.05) is 11.0 Å². The summed E-state index contributed by atoms with van der Waals surface area (Å²) < 4.78 is 27.3. The Morgan fingerprint density at radius 2 is 1.89 bits per heavy atom. The van der Waals surface area contributed by atoms with Crippen LogP contribution in [0.5, 0.6) is 0 Å². The molecule has 4 heteroatoms. The molecule has 1 N–H and O–H groups in total. The molecule has 0 heterocycles. The van der Waals surface area contributed by atoms with E-state index in [1.165, 1.54) is 0 Å². The molecule has 2 rings (SSSR count). The second kappa shape index (κ2) is 5.48. The Hall–Kier alpha value is -1.42. The zero-order valence-corrected chi connectivity index (χ0v) is 11.4. The van der Waals surface area contributed by atoms with Crippen LogP contribution in [0, 0.1) is 18.6 Å². The Morgan fingerprint density at radius 1 is 1.11 bits per heavy atom. The van der Waals surface area contributed by atoms with Gasteiger partial charge in [-0.3, -0.25) is 0 Å². The van der Waals surface area contributed by atoms with E-state index in [0.29, 0.717) is 6.54 Å². The van der Waals surface area contributed by atoms with Crippen LogP contribution in [0.2, 0.25) is 0 Å². The van der Waals surface area contributed by atoms with E-state index in [0.717, 1.165) is 33.8 Å². The number of aryl methyl sites for hydroxylation is 1. The van der Waals surface area contributed by atoms with Crippen LogP contribution < -0.4 is 5.32 Å². The smallest absolute Gasteiger partial charge is 0.146 e. The number of benzene rings is 2. The fourth-order valence-electron chi connectivity index (χ4n) is 1.62. The van der Waals surface area contributed by atoms with Crippen molar-refractivity contribution in [2.75, 3.05) is 5.32 Å². The zero-order valence-electron chi connectivity index (χ0n) is 9.81. The molecule has 0 aliphatic heterocycles. The van der Waals surface area contributed by atoms with Crippen molar-refractivity contribution in [1.82, 2.24) is 0 Å². The standard InChI is InChI=1S/C14H12BrF2N/c1-9-2-3-10(12(15)6-9)8-18-14-7-11(16)4-5-13(14)17/h2-7,18H,8H2,1H3. The fraction of sp³-hybridized carbons (Fsp3) is 0.143. The maximum absolute atomic E-state index is 13.4. The van der Waals surface area contributed by atoms with Gasteiger partial charge >= 0.3 is 0 Å². The van der Waals surface area contributed by atoms with E-state index in [4.69, 9.17) is 0 Å². The van der Waals surface area contributed by atoms with Gasteiger partial charge in [0.1, 0.15) is 11.6 Å². The van der Waals surface area contributed by atoms with Crippen LogP contribution in [-0.2, 0) is 6.54 Å². The second-order valence-electron chi connectivity index (χ2n) is 4.07. The van der Waals surface area contributed by atoms with Crippen molar-refractivity contribution in [1.29, 1.82) is 0 Å². The third-order valence-electron chi connectivity index (χ3n) is 2.61. The average molecular weight is 312 g/mol. The minimum absolute atomic E-state index is 0.169. The van der Waals surface area contributed by atoms with E-state index < -0.39 is 11.6 Å². The molecule has 0 spiro atoms. The summed E-state index contributed by atoms with van der Waals surface area (Å²) in [5.41, 5.74) is 2.30. The minimum Gasteiger partial charge on any atom is -0.378 e. The van der Waals surface area contributed by atoms with E-state index in [9.17, 15) is 8.78 Å². The summed E-state index contributed by atoms with van der Waals surface area (Å²) in [5.74, 6) is -0.915. The van der Waals surface area contributed by atoms with Gasteiger partial charge in [0.25, 0.3) is 0 Å². The van der Waals surface area contributed by atoms with Gasteiger partial charge in [0.15, 0.2) is 0 Å². The number of hydrogen-bond donors (Lipinski definition) is 1. The molecule has 0 saturated carbocycles. The summed E-state index contributed by atoms with van der Waals surface area (Å²) in [6.07, 6.45) is 0. The Kier molecular flexibility index (Phi) is 3.97. The summed E-state index contributed by atoms with van der Waals surface area (Å²) in [5, 5.41) is 2.89. The predicted molar refractivity (Wildman–Crippen MR) is 72.6 cm³/mol. The van der Waals surface area contributed by atoms with Gasteiger partial charge in [-0.15, -0.1) is 0 Å². The van der Waals surface area contributed by atoms with Crippen molar-refractivity contribution in [2.24, 2.45) is 0 Å². The van der Waals surface area contributed by atoms with Crippen LogP contribution in [0.4, 0.5) is 14.5 Å². The van der Waals surface area contributed by atoms with Crippen LogP contribution in [-0.4, -0.2) is 0 Å². The van der Waals surface area contributed by atoms with Gasteiger partial charge in [0.2, 0.25) is 0 Å². The van der Waals surface area contributed by atoms with Crippen molar-refractivity contribution < 1.29 is 8.78 Å². The van der Waals surface area contributed by atoms with E-state index in [2.05, 4.69) is 21.2 Å². The maximum atomic E-state index is 13.4. The Morgan fingerprint density at radius 3 is 2.61 bits per heavy atom. The molecule has 18 heavy (non-hydrogen) atoms. The first-order chi connectivity index (χ1) is 8.56. The molecule has 1 nitrogen and oxygen atoms in total. The molecule has 0 aliphatic rings. The Labute approximate surface area is 113 Å². The van der Waals surface area contributed by atoms with Crippen molar-refractivity contribution >= 4 is 21.6 Å². The lowest BCUT2D eigenvalue weighted by Crippen LogP contribution is -2.02. The quantitative estimate of drug-likeness (QED) is 0.870. The highest BCUT2D eigenvalue weighted by Crippen LogP contribution is 2.21. The number of rotatable bonds is 3. The first-order valence-corrected chi connectivity index (χ1v) is 6.29. The third kappa shape index (κ3) is 3.07. The normalized spacial score (nSPS) is 10.4. The molecule has 0 amide bonds. The number of hydrogen-bond acceptors (Lipinski definition) is 1. The molecule has 0 aliphatic carbocycles. The van der Waals surface area contributed by atoms with E-state index >= 15 is 0 Å². The van der Waals surface area contributed by atoms with Crippen molar-refractivity contribution in [3.63, 3.8) is 0 Å². The highest BCUT2D eigenvalue weighted by molar-refractivity contribution is 9.10. The average Bonchev–Trinajstić information content (AvgIpc) is 2.32. The summed E-state index contributed by atoms with van der Waals surface area (Å²) in [7, 11) is 0. The molecule has 0 radical (unpaired) electrons. The molecule has 2 aromatic carbocycles. The van der Waals surface area contributed by atoms with Gasteiger partial charge < -0.3 is 5.32 Å². The Balaban J connectivity index is 2.13. The molecule has 0 atom stereocenters. The van der Waals surface area contributed by atoms with Crippen LogP contribution in [0.3, 0.4) is 0 Å². The molecule has 0 bridgehead atoms. The highest BCUT2D eigenvalue weighted by Gasteiger charge is 2.05. The van der Waals surface area contributed by atoms with E-state index in [1.54, 1.807) is 0 Å². The zero-order chi connectivity index (χ0) is 13.1. The van der Waals surface area contributed by atoms with Gasteiger partial charge in [-0.25, -0.2) is 8.78 Å². The van der Waals surface area contributed by atoms with Gasteiger partial charge in [-0.2, -0.15) is 0 Å². The lowest BCUT2D eigenvalue weighted by atomic mass is 10.1. The third-order valence-corrected chi connectivity index (χ3v) is 3.34. The SMILES string of the molecule is Cc1ccc(CNc2cc(F)ccc2F)c(Br)c1. The molecule has 0 fully saturated rings. The summed E-state index contributed by atoms with van der Waals surface area (Å²) in [6.45, 7) is 2.43. The summed E-state index contributed by atoms with van der Waals surface area (Å²) in [4.78, 5) is 0. The maximum Gasteiger partial charge on any atom is 0.146 e. The van der Waals surface area contributed by atoms with Crippen molar-refractivity contribution in [3.8, 4) is 0 Å². The van der Waals surface area contributed by atoms with Crippen LogP contribution in [0.1, 0.15) is 11.1 Å². The number of nitrogens with one attached hydrogen (secondary N) is 1. The second-order valence-corrected chi connectivity index (χ2v) is 4.93. The molecule has 0 saturated heterocycles. The van der Waals surface area contributed by atoms with Crippen LogP contribution in [0.15, 0.2) is 40.9 Å². The van der Waals surface area contributed by atoms with Gasteiger partial charge in [0.05, 0.1) is 5.69 Å². The molecule has 2 aromatic rings. The van der Waals surface area contributed by atoms with Crippen molar-refractivity contribution in [2.45, 2.75) is 13.5 Å². The van der Waals surface area contributed by atoms with Gasteiger partial charge in [-0.05, 0) is 42.3 Å². The molecule has 0 unspecified atom stereocenters. The number of halogens is 3. The summed E-state index contributed by atoms with van der Waals surface area (Å²) >= 11 is 3.45. The summed E-state index contributed by atoms with van der Waals surface area (Å²) in [6, 6.07) is 9.27. The van der Waals surface area contributed by atoms with Gasteiger partial charge in [-0.1, -0.05) is 28.1 Å². The topological polar surface area (TPSA) is 12.0 Å². The fourth-order valence-corrected chi connectivity index (χ4v) is 2.25.